The second kappa shape index (κ2) is 9.92. The predicted octanol–water partition coefficient (Wildman–Crippen LogP) is 3.22. The van der Waals surface area contributed by atoms with Crippen LogP contribution in [0.4, 0.5) is 10.7 Å². The van der Waals surface area contributed by atoms with Gasteiger partial charge in [0.1, 0.15) is 6.61 Å². The normalized spacial score (nSPS) is 19.2. The summed E-state index contributed by atoms with van der Waals surface area (Å²) in [6.45, 7) is 6.56. The number of nitrogens with one attached hydrogen (secondary N) is 1. The first kappa shape index (κ1) is 21.3. The summed E-state index contributed by atoms with van der Waals surface area (Å²) in [6.07, 6.45) is 2.19. The van der Waals surface area contributed by atoms with E-state index in [2.05, 4.69) is 64.4 Å². The van der Waals surface area contributed by atoms with Crippen LogP contribution in [-0.4, -0.2) is 81.8 Å². The number of piperazine rings is 1. The van der Waals surface area contributed by atoms with Gasteiger partial charge in [0.2, 0.25) is 0 Å². The van der Waals surface area contributed by atoms with Gasteiger partial charge in [0, 0.05) is 49.8 Å². The molecule has 3 heterocycles. The average molecular weight is 429 g/mol. The van der Waals surface area contributed by atoms with E-state index >= 15 is 0 Å². The van der Waals surface area contributed by atoms with E-state index in [1.54, 1.807) is 11.3 Å². The lowest BCUT2D eigenvalue weighted by molar-refractivity contribution is -0.123. The Morgan fingerprint density at radius 2 is 1.63 bits per heavy atom. The number of hydrogen-bond acceptors (Lipinski definition) is 6. The largest absolute Gasteiger partial charge is 0.369 e. The van der Waals surface area contributed by atoms with Gasteiger partial charge in [-0.2, -0.15) is 0 Å². The van der Waals surface area contributed by atoms with E-state index < -0.39 is 0 Å². The Bertz CT molecular complexity index is 822. The van der Waals surface area contributed by atoms with Gasteiger partial charge in [0.25, 0.3) is 5.91 Å². The second-order valence-corrected chi connectivity index (χ2v) is 9.45. The molecule has 0 bridgehead atoms. The van der Waals surface area contributed by atoms with Crippen LogP contribution in [0.2, 0.25) is 0 Å². The molecule has 0 unspecified atom stereocenters. The summed E-state index contributed by atoms with van der Waals surface area (Å²) in [7, 11) is 4.30. The molecular formula is C23H32N4O2S. The molecule has 7 heteroatoms. The van der Waals surface area contributed by atoms with E-state index in [9.17, 15) is 4.79 Å². The molecule has 2 aromatic rings. The number of amides is 1. The van der Waals surface area contributed by atoms with Gasteiger partial charge in [0.15, 0.2) is 0 Å². The van der Waals surface area contributed by atoms with E-state index in [1.165, 1.54) is 11.3 Å². The van der Waals surface area contributed by atoms with Gasteiger partial charge in [-0.15, -0.1) is 11.3 Å². The Morgan fingerprint density at radius 1 is 0.967 bits per heavy atom. The SMILES string of the molecule is CN1CCC(OCC(=O)Nc2ccc(-c3ccc(N4CCN(C)CC4)cc3)s2)CC1. The molecule has 4 rings (SSSR count). The number of rotatable bonds is 6. The second-order valence-electron chi connectivity index (χ2n) is 8.36. The molecular weight excluding hydrogens is 396 g/mol. The first-order valence-electron chi connectivity index (χ1n) is 10.8. The fourth-order valence-corrected chi connectivity index (χ4v) is 4.91. The van der Waals surface area contributed by atoms with Gasteiger partial charge < -0.3 is 24.8 Å². The molecule has 1 N–H and O–H groups in total. The quantitative estimate of drug-likeness (QED) is 0.766. The molecule has 2 aliphatic rings. The van der Waals surface area contributed by atoms with E-state index in [1.807, 2.05) is 6.07 Å². The third-order valence-corrected chi connectivity index (χ3v) is 7.05. The van der Waals surface area contributed by atoms with E-state index in [-0.39, 0.29) is 18.6 Å². The maximum absolute atomic E-state index is 12.3. The molecule has 1 amide bonds. The summed E-state index contributed by atoms with van der Waals surface area (Å²) < 4.78 is 5.79. The monoisotopic (exact) mass is 428 g/mol. The van der Waals surface area contributed by atoms with Crippen LogP contribution in [0.1, 0.15) is 12.8 Å². The molecule has 0 saturated carbocycles. The van der Waals surface area contributed by atoms with Crippen LogP contribution in [0.5, 0.6) is 0 Å². The van der Waals surface area contributed by atoms with Crippen LogP contribution >= 0.6 is 11.3 Å². The maximum atomic E-state index is 12.3. The first-order valence-corrected chi connectivity index (χ1v) is 11.6. The maximum Gasteiger partial charge on any atom is 0.250 e. The number of piperidine rings is 1. The van der Waals surface area contributed by atoms with E-state index in [4.69, 9.17) is 4.74 Å². The lowest BCUT2D eigenvalue weighted by Gasteiger charge is -2.34. The zero-order chi connectivity index (χ0) is 20.9. The van der Waals surface area contributed by atoms with Crippen molar-refractivity contribution in [2.24, 2.45) is 0 Å². The molecule has 0 radical (unpaired) electrons. The van der Waals surface area contributed by atoms with Gasteiger partial charge >= 0.3 is 0 Å². The number of likely N-dealkylation sites (N-methyl/N-ethyl adjacent to an activating group) is 1. The van der Waals surface area contributed by atoms with Crippen LogP contribution in [0.25, 0.3) is 10.4 Å². The van der Waals surface area contributed by atoms with Crippen molar-refractivity contribution in [1.82, 2.24) is 9.80 Å². The van der Waals surface area contributed by atoms with Gasteiger partial charge in [-0.05, 0) is 56.8 Å². The summed E-state index contributed by atoms with van der Waals surface area (Å²) >= 11 is 1.60. The van der Waals surface area contributed by atoms with Gasteiger partial charge in [-0.25, -0.2) is 0 Å². The zero-order valence-corrected chi connectivity index (χ0v) is 18.8. The molecule has 0 atom stereocenters. The summed E-state index contributed by atoms with van der Waals surface area (Å²) in [6, 6.07) is 12.8. The topological polar surface area (TPSA) is 48.1 Å². The molecule has 162 valence electrons. The number of nitrogens with zero attached hydrogens (tertiary/aromatic N) is 3. The lowest BCUT2D eigenvalue weighted by atomic mass is 10.1. The summed E-state index contributed by atoms with van der Waals surface area (Å²) in [5.74, 6) is -0.0762. The van der Waals surface area contributed by atoms with E-state index in [0.717, 1.165) is 62.0 Å². The molecule has 2 saturated heterocycles. The van der Waals surface area contributed by atoms with Gasteiger partial charge in [-0.3, -0.25) is 4.79 Å². The molecule has 0 spiro atoms. The Hall–Kier alpha value is -1.93. The highest BCUT2D eigenvalue weighted by Gasteiger charge is 2.18. The number of carbonyl (C=O) groups excluding carboxylic acids is 1. The van der Waals surface area contributed by atoms with Crippen molar-refractivity contribution in [2.75, 3.05) is 70.2 Å². The molecule has 2 fully saturated rings. The number of benzene rings is 1. The van der Waals surface area contributed by atoms with E-state index in [0.29, 0.717) is 0 Å². The highest BCUT2D eigenvalue weighted by Crippen LogP contribution is 2.32. The Morgan fingerprint density at radius 3 is 2.33 bits per heavy atom. The number of thiophene rings is 1. The average Bonchev–Trinajstić information content (AvgIpc) is 3.22. The smallest absolute Gasteiger partial charge is 0.250 e. The van der Waals surface area contributed by atoms with Crippen molar-refractivity contribution in [3.05, 3.63) is 36.4 Å². The molecule has 1 aromatic heterocycles. The van der Waals surface area contributed by atoms with Crippen LogP contribution in [-0.2, 0) is 9.53 Å². The summed E-state index contributed by atoms with van der Waals surface area (Å²) in [4.78, 5) is 20.5. The number of carbonyl (C=O) groups is 1. The van der Waals surface area contributed by atoms with Crippen LogP contribution in [0, 0.1) is 0 Å². The fourth-order valence-electron chi connectivity index (χ4n) is 3.98. The highest BCUT2D eigenvalue weighted by atomic mass is 32.1. The number of anilines is 2. The minimum atomic E-state index is -0.0762. The fraction of sp³-hybridized carbons (Fsp3) is 0.522. The molecule has 30 heavy (non-hydrogen) atoms. The lowest BCUT2D eigenvalue weighted by Crippen LogP contribution is -2.44. The zero-order valence-electron chi connectivity index (χ0n) is 18.0. The Kier molecular flexibility index (Phi) is 7.04. The minimum absolute atomic E-state index is 0.0762. The van der Waals surface area contributed by atoms with Crippen molar-refractivity contribution >= 4 is 27.9 Å². The summed E-state index contributed by atoms with van der Waals surface area (Å²) in [5.41, 5.74) is 2.46. The van der Waals surface area contributed by atoms with Crippen molar-refractivity contribution in [2.45, 2.75) is 18.9 Å². The third-order valence-electron chi connectivity index (χ3n) is 6.00. The van der Waals surface area contributed by atoms with Crippen molar-refractivity contribution in [1.29, 1.82) is 0 Å². The standard InChI is InChI=1S/C23H32N4O2S/c1-25-11-9-20(10-12-25)29-17-22(28)24-23-8-7-21(30-23)18-3-5-19(6-4-18)27-15-13-26(2)14-16-27/h3-8,20H,9-17H2,1-2H3,(H,24,28). The Balaban J connectivity index is 1.27. The Labute approximate surface area is 183 Å². The molecule has 2 aliphatic heterocycles. The number of likely N-dealkylation sites (tertiary alicyclic amines) is 1. The molecule has 6 nitrogen and oxygen atoms in total. The number of ether oxygens (including phenoxy) is 1. The predicted molar refractivity (Wildman–Crippen MR) is 125 cm³/mol. The van der Waals surface area contributed by atoms with Crippen LogP contribution in [0.15, 0.2) is 36.4 Å². The highest BCUT2D eigenvalue weighted by molar-refractivity contribution is 7.19. The van der Waals surface area contributed by atoms with Gasteiger partial charge in [0.05, 0.1) is 11.1 Å². The minimum Gasteiger partial charge on any atom is -0.369 e. The molecule has 1 aromatic carbocycles. The van der Waals surface area contributed by atoms with Gasteiger partial charge in [-0.1, -0.05) is 12.1 Å². The van der Waals surface area contributed by atoms with Crippen molar-refractivity contribution in [3.63, 3.8) is 0 Å². The number of hydrogen-bond donors (Lipinski definition) is 1. The van der Waals surface area contributed by atoms with Crippen LogP contribution < -0.4 is 10.2 Å². The summed E-state index contributed by atoms with van der Waals surface area (Å²) in [5, 5.41) is 3.84. The van der Waals surface area contributed by atoms with Crippen LogP contribution in [0.3, 0.4) is 0 Å². The first-order chi connectivity index (χ1) is 14.6. The van der Waals surface area contributed by atoms with Crippen molar-refractivity contribution in [3.8, 4) is 10.4 Å². The molecule has 0 aliphatic carbocycles. The third kappa shape index (κ3) is 5.60. The van der Waals surface area contributed by atoms with Crippen molar-refractivity contribution < 1.29 is 9.53 Å².